The van der Waals surface area contributed by atoms with E-state index in [1.165, 1.54) is 167 Å². The Morgan fingerprint density at radius 3 is 1.40 bits per heavy atom. The Hall–Kier alpha value is -1.02. The molecule has 0 saturated heterocycles. The molecule has 0 aliphatic rings. The number of carbonyl (C=O) groups is 1. The zero-order valence-corrected chi connectivity index (χ0v) is 39.2. The number of unbranched alkanes of at least 4 members (excludes halogenated alkanes) is 29. The Kier molecular flexibility index (Phi) is 39.7. The first kappa shape index (κ1) is 56.0. The number of phosphoric acid groups is 1. The molecule has 3 atom stereocenters. The summed E-state index contributed by atoms with van der Waals surface area (Å²) < 4.78 is 23.3. The number of nitrogens with one attached hydrogen (secondary N) is 1. The Labute approximate surface area is 354 Å². The van der Waals surface area contributed by atoms with Crippen LogP contribution in [0.1, 0.15) is 226 Å². The van der Waals surface area contributed by atoms with Crippen LogP contribution in [0, 0.1) is 0 Å². The van der Waals surface area contributed by atoms with Gasteiger partial charge < -0.3 is 19.8 Å². The number of aliphatic hydroxyl groups excluding tert-OH is 1. The number of aliphatic hydroxyl groups is 1. The topological polar surface area (TPSA) is 105 Å². The summed E-state index contributed by atoms with van der Waals surface area (Å²) in [7, 11) is 1.55. The third-order valence-electron chi connectivity index (χ3n) is 10.9. The summed E-state index contributed by atoms with van der Waals surface area (Å²) >= 11 is 0. The molecule has 338 valence electrons. The molecule has 0 aromatic rings. The third-order valence-corrected chi connectivity index (χ3v) is 11.9. The zero-order chi connectivity index (χ0) is 42.1. The smallest absolute Gasteiger partial charge is 0.387 e. The second-order valence-electron chi connectivity index (χ2n) is 17.8. The Morgan fingerprint density at radius 2 is 0.965 bits per heavy atom. The molecule has 0 radical (unpaired) electrons. The standard InChI is InChI=1S/C48H95N2O6P/c1-6-8-10-11-12-13-14-15-16-17-18-19-20-21-22-23-24-25-26-27-28-29-30-31-32-33-34-35-36-37-38-40-41-47(51)46(49-48(52)42-39-9-7-2)45-56-57(53,54)55-44-43-50(3,4)5/h35-36,40-41,46-47,51H,6-34,37-39,42-45H2,1-5H3,(H-,49,52,53,54)/p+1/b36-35+,41-40+. The van der Waals surface area contributed by atoms with Crippen LogP contribution in [-0.4, -0.2) is 73.4 Å². The number of quaternary nitrogens is 1. The quantitative estimate of drug-likeness (QED) is 0.0244. The number of hydrogen-bond donors (Lipinski definition) is 3. The van der Waals surface area contributed by atoms with Gasteiger partial charge in [0.05, 0.1) is 39.9 Å². The number of carbonyl (C=O) groups excluding carboxylic acids is 1. The number of allylic oxidation sites excluding steroid dienone is 3. The minimum atomic E-state index is -4.32. The van der Waals surface area contributed by atoms with E-state index in [4.69, 9.17) is 9.05 Å². The maximum absolute atomic E-state index is 12.5. The van der Waals surface area contributed by atoms with Crippen molar-refractivity contribution in [1.29, 1.82) is 0 Å². The van der Waals surface area contributed by atoms with Crippen molar-refractivity contribution in [3.63, 3.8) is 0 Å². The molecule has 0 aliphatic carbocycles. The van der Waals surface area contributed by atoms with Gasteiger partial charge in [-0.25, -0.2) is 4.57 Å². The second-order valence-corrected chi connectivity index (χ2v) is 19.3. The average molecular weight is 828 g/mol. The average Bonchev–Trinajstić information content (AvgIpc) is 3.16. The fourth-order valence-corrected chi connectivity index (χ4v) is 7.79. The van der Waals surface area contributed by atoms with Crippen LogP contribution in [0.5, 0.6) is 0 Å². The second kappa shape index (κ2) is 40.4. The molecule has 57 heavy (non-hydrogen) atoms. The molecule has 9 heteroatoms. The van der Waals surface area contributed by atoms with Crippen molar-refractivity contribution in [2.45, 2.75) is 238 Å². The Bertz CT molecular complexity index is 984. The molecule has 3 N–H and O–H groups in total. The summed E-state index contributed by atoms with van der Waals surface area (Å²) in [5, 5.41) is 13.6. The van der Waals surface area contributed by atoms with E-state index in [0.29, 0.717) is 17.4 Å². The lowest BCUT2D eigenvalue weighted by Crippen LogP contribution is -2.45. The van der Waals surface area contributed by atoms with Crippen molar-refractivity contribution in [3.05, 3.63) is 24.3 Å². The molecule has 0 rings (SSSR count). The molecule has 0 spiro atoms. The Morgan fingerprint density at radius 1 is 0.579 bits per heavy atom. The van der Waals surface area contributed by atoms with Crippen molar-refractivity contribution < 1.29 is 32.9 Å². The lowest BCUT2D eigenvalue weighted by molar-refractivity contribution is -0.870. The molecule has 0 aromatic heterocycles. The highest BCUT2D eigenvalue weighted by Gasteiger charge is 2.27. The normalized spacial score (nSPS) is 14.4. The van der Waals surface area contributed by atoms with Gasteiger partial charge in [0.2, 0.25) is 5.91 Å². The van der Waals surface area contributed by atoms with Gasteiger partial charge in [0.1, 0.15) is 13.2 Å². The number of phosphoric ester groups is 1. The molecule has 8 nitrogen and oxygen atoms in total. The largest absolute Gasteiger partial charge is 0.472 e. The van der Waals surface area contributed by atoms with E-state index in [0.717, 1.165) is 38.5 Å². The van der Waals surface area contributed by atoms with E-state index < -0.39 is 20.0 Å². The minimum Gasteiger partial charge on any atom is -0.387 e. The maximum Gasteiger partial charge on any atom is 0.472 e. The predicted molar refractivity (Wildman–Crippen MR) is 245 cm³/mol. The van der Waals surface area contributed by atoms with Crippen LogP contribution in [0.25, 0.3) is 0 Å². The van der Waals surface area contributed by atoms with Gasteiger partial charge in [-0.1, -0.05) is 212 Å². The van der Waals surface area contributed by atoms with Crippen molar-refractivity contribution in [2.24, 2.45) is 0 Å². The fraction of sp³-hybridized carbons (Fsp3) is 0.896. The SMILES string of the molecule is CCCCCCCCCCCCCCCCCCCCCCCCCCCC/C=C/CC/C=C/C(O)C(COP(=O)(O)OCC[N+](C)(C)C)NC(=O)CCCCC. The monoisotopic (exact) mass is 828 g/mol. The molecule has 0 bridgehead atoms. The van der Waals surface area contributed by atoms with Gasteiger partial charge in [0.25, 0.3) is 0 Å². The lowest BCUT2D eigenvalue weighted by Gasteiger charge is -2.25. The van der Waals surface area contributed by atoms with E-state index in [2.05, 4.69) is 31.3 Å². The van der Waals surface area contributed by atoms with Crippen LogP contribution >= 0.6 is 7.82 Å². The molecule has 0 fully saturated rings. The summed E-state index contributed by atoms with van der Waals surface area (Å²) in [6, 6.07) is -0.855. The van der Waals surface area contributed by atoms with Crippen LogP contribution < -0.4 is 5.32 Å². The first-order chi connectivity index (χ1) is 27.5. The maximum atomic E-state index is 12.5. The molecule has 1 amide bonds. The van der Waals surface area contributed by atoms with Crippen molar-refractivity contribution >= 4 is 13.7 Å². The van der Waals surface area contributed by atoms with Crippen LogP contribution in [0.2, 0.25) is 0 Å². The molecule has 0 aromatic carbocycles. The number of likely N-dealkylation sites (N-methyl/N-ethyl adjacent to an activating group) is 1. The highest BCUT2D eigenvalue weighted by molar-refractivity contribution is 7.47. The number of amides is 1. The minimum absolute atomic E-state index is 0.0565. The van der Waals surface area contributed by atoms with E-state index in [-0.39, 0.29) is 19.1 Å². The van der Waals surface area contributed by atoms with Gasteiger partial charge in [0, 0.05) is 6.42 Å². The van der Waals surface area contributed by atoms with Gasteiger partial charge in [-0.3, -0.25) is 13.8 Å². The van der Waals surface area contributed by atoms with Crippen molar-refractivity contribution in [1.82, 2.24) is 5.32 Å². The lowest BCUT2D eigenvalue weighted by atomic mass is 10.0. The number of hydrogen-bond acceptors (Lipinski definition) is 5. The first-order valence-electron chi connectivity index (χ1n) is 24.2. The zero-order valence-electron chi connectivity index (χ0n) is 38.3. The Balaban J connectivity index is 3.84. The van der Waals surface area contributed by atoms with Gasteiger partial charge in [-0.2, -0.15) is 0 Å². The van der Waals surface area contributed by atoms with E-state index in [9.17, 15) is 19.4 Å². The van der Waals surface area contributed by atoms with Gasteiger partial charge >= 0.3 is 7.82 Å². The summed E-state index contributed by atoms with van der Waals surface area (Å²) in [5.41, 5.74) is 0. The number of rotatable bonds is 44. The molecule has 0 saturated carbocycles. The predicted octanol–water partition coefficient (Wildman–Crippen LogP) is 13.7. The summed E-state index contributed by atoms with van der Waals surface area (Å²) in [5.74, 6) is -0.211. The van der Waals surface area contributed by atoms with E-state index in [1.54, 1.807) is 6.08 Å². The molecular formula is C48H96N2O6P+. The van der Waals surface area contributed by atoms with E-state index >= 15 is 0 Å². The summed E-state index contributed by atoms with van der Waals surface area (Å²) in [6.07, 6.45) is 49.5. The first-order valence-corrected chi connectivity index (χ1v) is 25.7. The van der Waals surface area contributed by atoms with Crippen LogP contribution in [-0.2, 0) is 18.4 Å². The van der Waals surface area contributed by atoms with Crippen LogP contribution in [0.4, 0.5) is 0 Å². The summed E-state index contributed by atoms with van der Waals surface area (Å²) in [4.78, 5) is 22.6. The highest BCUT2D eigenvalue weighted by atomic mass is 31.2. The molecular weight excluding hydrogens is 732 g/mol. The third kappa shape index (κ3) is 42.9. The number of nitrogens with zero attached hydrogens (tertiary/aromatic N) is 1. The van der Waals surface area contributed by atoms with Gasteiger partial charge in [-0.15, -0.1) is 0 Å². The molecule has 0 heterocycles. The van der Waals surface area contributed by atoms with Gasteiger partial charge in [0.15, 0.2) is 0 Å². The van der Waals surface area contributed by atoms with Crippen LogP contribution in [0.3, 0.4) is 0 Å². The molecule has 0 aliphatic heterocycles. The van der Waals surface area contributed by atoms with Crippen molar-refractivity contribution in [3.8, 4) is 0 Å². The van der Waals surface area contributed by atoms with Gasteiger partial charge in [-0.05, 0) is 32.1 Å². The fourth-order valence-electron chi connectivity index (χ4n) is 7.06. The molecule has 3 unspecified atom stereocenters. The van der Waals surface area contributed by atoms with Crippen LogP contribution in [0.15, 0.2) is 24.3 Å². The summed E-state index contributed by atoms with van der Waals surface area (Å²) in [6.45, 7) is 4.63. The van der Waals surface area contributed by atoms with E-state index in [1.807, 2.05) is 27.2 Å². The van der Waals surface area contributed by atoms with Crippen molar-refractivity contribution in [2.75, 3.05) is 40.9 Å². The highest BCUT2D eigenvalue weighted by Crippen LogP contribution is 2.43.